The molecule has 0 rings (SSSR count). The van der Waals surface area contributed by atoms with Gasteiger partial charge in [0, 0.05) is 41.7 Å². The Morgan fingerprint density at radius 2 is 0.529 bits per heavy atom. The van der Waals surface area contributed by atoms with Crippen molar-refractivity contribution in [1.82, 2.24) is 0 Å². The van der Waals surface area contributed by atoms with Crippen molar-refractivity contribution in [3.8, 4) is 0 Å². The number of hydrogen-bond donors (Lipinski definition) is 2. The van der Waals surface area contributed by atoms with Gasteiger partial charge < -0.3 is 65.0 Å². The van der Waals surface area contributed by atoms with E-state index in [0.29, 0.717) is 0 Å². The summed E-state index contributed by atoms with van der Waals surface area (Å²) in [5.41, 5.74) is 0. The Morgan fingerprint density at radius 3 is 0.529 bits per heavy atom. The van der Waals surface area contributed by atoms with E-state index >= 15 is 0 Å². The second kappa shape index (κ2) is 101. The molecule has 0 aromatic rings. The van der Waals surface area contributed by atoms with Gasteiger partial charge in [0.1, 0.15) is 0 Å². The van der Waals surface area contributed by atoms with Crippen molar-refractivity contribution in [2.75, 3.05) is 0 Å². The molecular weight excluding hydrogens is 388 g/mol. The van der Waals surface area contributed by atoms with Gasteiger partial charge in [-0.1, -0.05) is 0 Å². The minimum absolute atomic E-state index is 0. The summed E-state index contributed by atoms with van der Waals surface area (Å²) in [4.78, 5) is 18.2. The summed E-state index contributed by atoms with van der Waals surface area (Å²) in [7, 11) is 0. The third kappa shape index (κ3) is 201. The minimum Gasteiger partial charge on any atom is -0.473 e. The van der Waals surface area contributed by atoms with E-state index in [-0.39, 0.29) is 96.5 Å². The SMILES string of the molecule is O.O.O.O.O.O.O.O.O.O.O=C(O)C(=O)O.[Ce]. The third-order valence-electron chi connectivity index (χ3n) is 0.183. The topological polar surface area (TPSA) is 390 Å². The fraction of sp³-hybridized carbons (Fsp3) is 0. The molecule has 15 heteroatoms. The van der Waals surface area contributed by atoms with Crippen LogP contribution in [0.3, 0.4) is 0 Å². The molecule has 0 bridgehead atoms. The van der Waals surface area contributed by atoms with Gasteiger partial charge in [-0.25, -0.2) is 9.59 Å². The molecule has 0 unspecified atom stereocenters. The number of hydrogen-bond acceptors (Lipinski definition) is 2. The summed E-state index contributed by atoms with van der Waals surface area (Å²) in [5.74, 6) is -3.65. The van der Waals surface area contributed by atoms with Crippen molar-refractivity contribution < 1.29 is 116 Å². The van der Waals surface area contributed by atoms with Gasteiger partial charge in [-0.05, 0) is 0 Å². The van der Waals surface area contributed by atoms with Crippen LogP contribution < -0.4 is 0 Å². The molecule has 14 nitrogen and oxygen atoms in total. The fourth-order valence-electron chi connectivity index (χ4n) is 0. The molecule has 118 valence electrons. The number of aliphatic carboxylic acids is 2. The molecule has 17 heavy (non-hydrogen) atoms. The van der Waals surface area contributed by atoms with Crippen LogP contribution in [0, 0.1) is 41.7 Å². The first kappa shape index (κ1) is 177. The van der Waals surface area contributed by atoms with Gasteiger partial charge >= 0.3 is 11.9 Å². The van der Waals surface area contributed by atoms with Gasteiger partial charge in [0.05, 0.1) is 0 Å². The van der Waals surface area contributed by atoms with Crippen molar-refractivity contribution in [3.63, 3.8) is 0 Å². The zero-order valence-corrected chi connectivity index (χ0v) is 11.4. The van der Waals surface area contributed by atoms with E-state index in [4.69, 9.17) is 19.8 Å². The number of rotatable bonds is 0. The Morgan fingerprint density at radius 1 is 0.471 bits per heavy atom. The van der Waals surface area contributed by atoms with Crippen molar-refractivity contribution in [2.24, 2.45) is 0 Å². The Bertz CT molecular complexity index is 80.2. The molecule has 0 atom stereocenters. The number of carbonyl (C=O) groups is 2. The monoisotopic (exact) mass is 410 g/mol. The zero-order chi connectivity index (χ0) is 5.15. The van der Waals surface area contributed by atoms with E-state index in [2.05, 4.69) is 0 Å². The van der Waals surface area contributed by atoms with Crippen LogP contribution in [0.4, 0.5) is 0 Å². The molecule has 0 saturated carbocycles. The van der Waals surface area contributed by atoms with Crippen LogP contribution in [0.15, 0.2) is 0 Å². The maximum Gasteiger partial charge on any atom is 0.414 e. The molecule has 0 fully saturated rings. The van der Waals surface area contributed by atoms with E-state index in [1.165, 1.54) is 0 Å². The molecule has 0 amide bonds. The molecule has 0 saturated heterocycles. The van der Waals surface area contributed by atoms with Crippen molar-refractivity contribution >= 4 is 11.9 Å². The zero-order valence-electron chi connectivity index (χ0n) is 8.21. The molecular formula is C2H22CeO14. The van der Waals surface area contributed by atoms with E-state index < -0.39 is 11.9 Å². The van der Waals surface area contributed by atoms with Gasteiger partial charge in [-0.2, -0.15) is 0 Å². The Labute approximate surface area is 128 Å². The maximum atomic E-state index is 9.10. The molecule has 0 aliphatic heterocycles. The summed E-state index contributed by atoms with van der Waals surface area (Å²) < 4.78 is 0. The summed E-state index contributed by atoms with van der Waals surface area (Å²) in [6.07, 6.45) is 0. The normalized spacial score (nSPS) is 2.59. The second-order valence-corrected chi connectivity index (χ2v) is 0.610. The molecule has 0 aliphatic carbocycles. The quantitative estimate of drug-likeness (QED) is 0.367. The van der Waals surface area contributed by atoms with Crippen molar-refractivity contribution in [1.29, 1.82) is 0 Å². The molecule has 0 spiro atoms. The average molecular weight is 410 g/mol. The van der Waals surface area contributed by atoms with E-state index in [1.54, 1.807) is 0 Å². The van der Waals surface area contributed by atoms with Crippen LogP contribution in [-0.2, 0) is 9.59 Å². The largest absolute Gasteiger partial charge is 0.473 e. The van der Waals surface area contributed by atoms with E-state index in [0.717, 1.165) is 0 Å². The first-order valence-electron chi connectivity index (χ1n) is 1.11. The van der Waals surface area contributed by atoms with Gasteiger partial charge in [0.2, 0.25) is 0 Å². The average Bonchev–Trinajstić information content (AvgIpc) is 1.36. The Hall–Kier alpha value is -0.0834. The van der Waals surface area contributed by atoms with Gasteiger partial charge in [0.15, 0.2) is 0 Å². The van der Waals surface area contributed by atoms with Crippen LogP contribution in [0.1, 0.15) is 0 Å². The van der Waals surface area contributed by atoms with Crippen molar-refractivity contribution in [2.45, 2.75) is 0 Å². The summed E-state index contributed by atoms with van der Waals surface area (Å²) in [6, 6.07) is 0. The fourth-order valence-corrected chi connectivity index (χ4v) is 0. The van der Waals surface area contributed by atoms with Gasteiger partial charge in [-0.15, -0.1) is 0 Å². The molecule has 0 radical (unpaired) electrons. The van der Waals surface area contributed by atoms with Crippen LogP contribution in [0.5, 0.6) is 0 Å². The van der Waals surface area contributed by atoms with Gasteiger partial charge in [-0.3, -0.25) is 0 Å². The van der Waals surface area contributed by atoms with E-state index in [1.807, 2.05) is 0 Å². The van der Waals surface area contributed by atoms with Crippen LogP contribution >= 0.6 is 0 Å². The molecule has 0 aromatic heterocycles. The minimum atomic E-state index is -1.82. The van der Waals surface area contributed by atoms with Gasteiger partial charge in [0.25, 0.3) is 0 Å². The molecule has 0 aliphatic rings. The summed E-state index contributed by atoms with van der Waals surface area (Å²) in [6.45, 7) is 0. The smallest absolute Gasteiger partial charge is 0.414 e. The maximum absolute atomic E-state index is 9.10. The molecule has 22 N–H and O–H groups in total. The summed E-state index contributed by atoms with van der Waals surface area (Å²) in [5, 5.41) is 14.8. The Balaban J connectivity index is -0.00000000227. The first-order chi connectivity index (χ1) is 2.64. The number of carboxylic acid groups (broad SMARTS) is 2. The standard InChI is InChI=1S/C2H2O4.Ce.10H2O/c3-1(4)2(5)6;;;;;;;;;;;/h(H,3,4)(H,5,6);;10*1H2. The Kier molecular flexibility index (Phi) is 1060. The van der Waals surface area contributed by atoms with Crippen LogP contribution in [0.25, 0.3) is 0 Å². The predicted octanol–water partition coefficient (Wildman–Crippen LogP) is -9.09. The third-order valence-corrected chi connectivity index (χ3v) is 0.183. The number of carboxylic acids is 2. The van der Waals surface area contributed by atoms with Crippen LogP contribution in [0.2, 0.25) is 0 Å². The van der Waals surface area contributed by atoms with E-state index in [9.17, 15) is 0 Å². The second-order valence-electron chi connectivity index (χ2n) is 0.610. The molecule has 0 heterocycles. The first-order valence-corrected chi connectivity index (χ1v) is 1.11. The summed E-state index contributed by atoms with van der Waals surface area (Å²) >= 11 is 0. The predicted molar refractivity (Wildman–Crippen MR) is 51.4 cm³/mol. The van der Waals surface area contributed by atoms with Crippen LogP contribution in [-0.4, -0.2) is 76.9 Å². The van der Waals surface area contributed by atoms with Crippen molar-refractivity contribution in [3.05, 3.63) is 0 Å². The molecule has 0 aromatic carbocycles.